The molecule has 0 spiro atoms. The first kappa shape index (κ1) is 19.8. The third-order valence-corrected chi connectivity index (χ3v) is 5.13. The van der Waals surface area contributed by atoms with Gasteiger partial charge in [-0.2, -0.15) is 0 Å². The number of anilines is 1. The number of rotatable bonds is 5. The normalized spacial score (nSPS) is 10.9. The number of halogens is 1. The van der Waals surface area contributed by atoms with Gasteiger partial charge in [-0.25, -0.2) is 9.67 Å². The lowest BCUT2D eigenvalue weighted by atomic mass is 10.2. The van der Waals surface area contributed by atoms with Gasteiger partial charge in [-0.05, 0) is 56.7 Å². The van der Waals surface area contributed by atoms with Crippen LogP contribution in [-0.4, -0.2) is 25.9 Å². The van der Waals surface area contributed by atoms with E-state index in [1.807, 2.05) is 57.2 Å². The van der Waals surface area contributed by atoms with E-state index < -0.39 is 0 Å². The van der Waals surface area contributed by atoms with Crippen molar-refractivity contribution >= 4 is 23.2 Å². The number of nitrogens with one attached hydrogen (secondary N) is 1. The van der Waals surface area contributed by atoms with Gasteiger partial charge in [0.2, 0.25) is 5.89 Å². The molecule has 1 amide bonds. The van der Waals surface area contributed by atoms with E-state index in [-0.39, 0.29) is 11.6 Å². The van der Waals surface area contributed by atoms with Gasteiger partial charge in [0.1, 0.15) is 11.5 Å². The number of carbonyl (C=O) groups is 1. The summed E-state index contributed by atoms with van der Waals surface area (Å²) in [7, 11) is 0. The highest BCUT2D eigenvalue weighted by Crippen LogP contribution is 2.24. The van der Waals surface area contributed by atoms with E-state index in [0.717, 1.165) is 22.5 Å². The number of carbonyl (C=O) groups excluding carboxylic acids is 1. The van der Waals surface area contributed by atoms with Crippen LogP contribution in [0.1, 0.15) is 33.2 Å². The van der Waals surface area contributed by atoms with Crippen LogP contribution in [0, 0.1) is 20.8 Å². The van der Waals surface area contributed by atoms with Gasteiger partial charge >= 0.3 is 0 Å². The van der Waals surface area contributed by atoms with Crippen molar-refractivity contribution in [1.82, 2.24) is 20.0 Å². The molecule has 0 aliphatic rings. The lowest BCUT2D eigenvalue weighted by molar-refractivity contribution is 0.102. The Kier molecular flexibility index (Phi) is 5.37. The summed E-state index contributed by atoms with van der Waals surface area (Å²) in [6, 6.07) is 14.9. The standard InChI is InChI=1S/C22H20ClN5O2/c1-13-6-4-5-7-18(13)24-21(29)20-14(2)28(27-26-20)12-19-15(3)30-22(25-19)16-8-10-17(23)11-9-16/h4-11H,12H2,1-3H3,(H,24,29). The van der Waals surface area contributed by atoms with Gasteiger partial charge in [-0.15, -0.1) is 5.10 Å². The maximum atomic E-state index is 12.7. The number of aryl methyl sites for hydroxylation is 2. The number of hydrogen-bond donors (Lipinski definition) is 1. The predicted molar refractivity (Wildman–Crippen MR) is 115 cm³/mol. The third kappa shape index (κ3) is 3.97. The number of nitrogens with zero attached hydrogens (tertiary/aromatic N) is 4. The first-order valence-electron chi connectivity index (χ1n) is 9.41. The molecular weight excluding hydrogens is 402 g/mol. The topological polar surface area (TPSA) is 85.8 Å². The van der Waals surface area contributed by atoms with Crippen LogP contribution in [0.3, 0.4) is 0 Å². The average Bonchev–Trinajstić information content (AvgIpc) is 3.27. The molecule has 0 saturated heterocycles. The van der Waals surface area contributed by atoms with Gasteiger partial charge in [0.25, 0.3) is 5.91 Å². The summed E-state index contributed by atoms with van der Waals surface area (Å²) >= 11 is 5.95. The number of hydrogen-bond acceptors (Lipinski definition) is 5. The summed E-state index contributed by atoms with van der Waals surface area (Å²) < 4.78 is 7.45. The molecule has 0 saturated carbocycles. The van der Waals surface area contributed by atoms with Gasteiger partial charge in [-0.3, -0.25) is 4.79 Å². The molecule has 0 atom stereocenters. The van der Waals surface area contributed by atoms with E-state index in [1.165, 1.54) is 0 Å². The first-order valence-corrected chi connectivity index (χ1v) is 9.79. The zero-order valence-electron chi connectivity index (χ0n) is 16.8. The Bertz CT molecular complexity index is 1210. The molecule has 152 valence electrons. The fraction of sp³-hybridized carbons (Fsp3) is 0.182. The lowest BCUT2D eigenvalue weighted by Gasteiger charge is -2.07. The fourth-order valence-electron chi connectivity index (χ4n) is 3.05. The molecule has 7 nitrogen and oxygen atoms in total. The molecule has 0 radical (unpaired) electrons. The van der Waals surface area contributed by atoms with Crippen LogP contribution in [0.15, 0.2) is 52.9 Å². The van der Waals surface area contributed by atoms with Crippen LogP contribution in [-0.2, 0) is 6.54 Å². The summed E-state index contributed by atoms with van der Waals surface area (Å²) in [6.45, 7) is 5.94. The van der Waals surface area contributed by atoms with Crippen LogP contribution in [0.2, 0.25) is 5.02 Å². The average molecular weight is 422 g/mol. The smallest absolute Gasteiger partial charge is 0.278 e. The summed E-state index contributed by atoms with van der Waals surface area (Å²) in [6.07, 6.45) is 0. The fourth-order valence-corrected chi connectivity index (χ4v) is 3.17. The maximum Gasteiger partial charge on any atom is 0.278 e. The van der Waals surface area contributed by atoms with Crippen LogP contribution in [0.5, 0.6) is 0 Å². The van der Waals surface area contributed by atoms with E-state index in [0.29, 0.717) is 28.9 Å². The third-order valence-electron chi connectivity index (χ3n) is 4.87. The summed E-state index contributed by atoms with van der Waals surface area (Å²) in [4.78, 5) is 17.2. The zero-order chi connectivity index (χ0) is 21.3. The Hall–Kier alpha value is -3.45. The second-order valence-corrected chi connectivity index (χ2v) is 7.42. The van der Waals surface area contributed by atoms with E-state index in [2.05, 4.69) is 20.6 Å². The number of oxazole rings is 1. The van der Waals surface area contributed by atoms with Crippen molar-refractivity contribution in [2.24, 2.45) is 0 Å². The Morgan fingerprint density at radius 2 is 1.83 bits per heavy atom. The minimum atomic E-state index is -0.299. The van der Waals surface area contributed by atoms with Crippen LogP contribution in [0.4, 0.5) is 5.69 Å². The molecule has 2 aromatic carbocycles. The second kappa shape index (κ2) is 8.12. The maximum absolute atomic E-state index is 12.7. The largest absolute Gasteiger partial charge is 0.441 e. The molecule has 4 rings (SSSR count). The highest BCUT2D eigenvalue weighted by atomic mass is 35.5. The zero-order valence-corrected chi connectivity index (χ0v) is 17.6. The summed E-state index contributed by atoms with van der Waals surface area (Å²) in [5, 5.41) is 11.7. The molecule has 1 N–H and O–H groups in total. The van der Waals surface area contributed by atoms with Crippen molar-refractivity contribution in [2.75, 3.05) is 5.32 Å². The van der Waals surface area contributed by atoms with Crippen molar-refractivity contribution in [2.45, 2.75) is 27.3 Å². The highest BCUT2D eigenvalue weighted by molar-refractivity contribution is 6.30. The lowest BCUT2D eigenvalue weighted by Crippen LogP contribution is -2.15. The van der Waals surface area contributed by atoms with Gasteiger partial charge in [0, 0.05) is 16.3 Å². The van der Waals surface area contributed by atoms with E-state index in [9.17, 15) is 4.79 Å². The molecule has 30 heavy (non-hydrogen) atoms. The Labute approximate surface area is 178 Å². The second-order valence-electron chi connectivity index (χ2n) is 6.98. The molecular formula is C22H20ClN5O2. The number of aromatic nitrogens is 4. The molecule has 2 aromatic heterocycles. The van der Waals surface area contributed by atoms with E-state index >= 15 is 0 Å². The Morgan fingerprint density at radius 1 is 1.10 bits per heavy atom. The predicted octanol–water partition coefficient (Wildman–Crippen LogP) is 4.81. The minimum Gasteiger partial charge on any atom is -0.441 e. The van der Waals surface area contributed by atoms with Gasteiger partial charge < -0.3 is 9.73 Å². The summed E-state index contributed by atoms with van der Waals surface area (Å²) in [5.41, 5.74) is 4.20. The van der Waals surface area contributed by atoms with Gasteiger partial charge in [-0.1, -0.05) is 35.0 Å². The number of para-hydroxylation sites is 1. The molecule has 0 fully saturated rings. The first-order chi connectivity index (χ1) is 14.4. The van der Waals surface area contributed by atoms with Crippen molar-refractivity contribution in [3.63, 3.8) is 0 Å². The van der Waals surface area contributed by atoms with E-state index in [1.54, 1.807) is 16.8 Å². The Morgan fingerprint density at radius 3 is 2.57 bits per heavy atom. The van der Waals surface area contributed by atoms with Crippen LogP contribution < -0.4 is 5.32 Å². The highest BCUT2D eigenvalue weighted by Gasteiger charge is 2.19. The number of amides is 1. The van der Waals surface area contributed by atoms with Crippen molar-refractivity contribution in [3.8, 4) is 11.5 Å². The Balaban J connectivity index is 1.54. The molecule has 0 bridgehead atoms. The van der Waals surface area contributed by atoms with Gasteiger partial charge in [0.05, 0.1) is 12.2 Å². The monoisotopic (exact) mass is 421 g/mol. The van der Waals surface area contributed by atoms with Gasteiger partial charge in [0.15, 0.2) is 5.69 Å². The van der Waals surface area contributed by atoms with E-state index in [4.69, 9.17) is 16.0 Å². The van der Waals surface area contributed by atoms with Crippen LogP contribution >= 0.6 is 11.6 Å². The van der Waals surface area contributed by atoms with Crippen molar-refractivity contribution < 1.29 is 9.21 Å². The molecule has 8 heteroatoms. The molecule has 0 unspecified atom stereocenters. The molecule has 2 heterocycles. The summed E-state index contributed by atoms with van der Waals surface area (Å²) in [5.74, 6) is 0.891. The molecule has 4 aromatic rings. The number of benzene rings is 2. The molecule has 0 aliphatic heterocycles. The van der Waals surface area contributed by atoms with Crippen molar-refractivity contribution in [1.29, 1.82) is 0 Å². The van der Waals surface area contributed by atoms with Crippen LogP contribution in [0.25, 0.3) is 11.5 Å². The van der Waals surface area contributed by atoms with Crippen molar-refractivity contribution in [3.05, 3.63) is 82.0 Å². The minimum absolute atomic E-state index is 0.275. The SMILES string of the molecule is Cc1ccccc1NC(=O)c1nnn(Cc2nc(-c3ccc(Cl)cc3)oc2C)c1C. The quantitative estimate of drug-likeness (QED) is 0.499. The molecule has 0 aliphatic carbocycles.